The second-order valence-corrected chi connectivity index (χ2v) is 5.06. The highest BCUT2D eigenvalue weighted by atomic mass is 16.4. The van der Waals surface area contributed by atoms with Crippen LogP contribution in [0.2, 0.25) is 0 Å². The quantitative estimate of drug-likeness (QED) is 0.316. The van der Waals surface area contributed by atoms with Crippen molar-refractivity contribution in [3.05, 3.63) is 35.4 Å². The number of nitrogens with two attached hydrogens (primary N) is 2. The number of benzene rings is 1. The van der Waals surface area contributed by atoms with Crippen molar-refractivity contribution in [1.29, 1.82) is 0 Å². The molecule has 7 nitrogen and oxygen atoms in total. The van der Waals surface area contributed by atoms with Crippen molar-refractivity contribution in [3.63, 3.8) is 0 Å². The molecule has 1 fully saturated rings. The number of rotatable bonds is 3. The van der Waals surface area contributed by atoms with Gasteiger partial charge in [0.15, 0.2) is 5.84 Å². The normalized spacial score (nSPS) is 19.3. The number of piperidine rings is 1. The van der Waals surface area contributed by atoms with Gasteiger partial charge in [-0.15, -0.1) is 0 Å². The zero-order valence-corrected chi connectivity index (χ0v) is 11.5. The lowest BCUT2D eigenvalue weighted by Crippen LogP contribution is -2.44. The maximum atomic E-state index is 12.5. The van der Waals surface area contributed by atoms with Crippen molar-refractivity contribution in [1.82, 2.24) is 4.90 Å². The molecule has 1 saturated heterocycles. The molecule has 0 spiro atoms. The van der Waals surface area contributed by atoms with Crippen molar-refractivity contribution < 1.29 is 14.8 Å². The van der Waals surface area contributed by atoms with E-state index in [-0.39, 0.29) is 23.6 Å². The van der Waals surface area contributed by atoms with E-state index in [0.29, 0.717) is 30.6 Å². The smallest absolute Gasteiger partial charge is 0.253 e. The Bertz CT molecular complexity index is 585. The molecule has 2 amide bonds. The summed E-state index contributed by atoms with van der Waals surface area (Å²) in [6.45, 7) is 0.929. The van der Waals surface area contributed by atoms with Gasteiger partial charge in [0.25, 0.3) is 5.91 Å². The van der Waals surface area contributed by atoms with Crippen molar-refractivity contribution in [2.75, 3.05) is 13.1 Å². The van der Waals surface area contributed by atoms with E-state index in [9.17, 15) is 9.59 Å². The molecule has 21 heavy (non-hydrogen) atoms. The maximum Gasteiger partial charge on any atom is 0.253 e. The predicted molar refractivity (Wildman–Crippen MR) is 76.8 cm³/mol. The van der Waals surface area contributed by atoms with Crippen LogP contribution in [0.5, 0.6) is 0 Å². The molecular weight excluding hydrogens is 272 g/mol. The summed E-state index contributed by atoms with van der Waals surface area (Å²) in [7, 11) is 0. The summed E-state index contributed by atoms with van der Waals surface area (Å²) in [5.41, 5.74) is 11.7. The molecule has 1 unspecified atom stereocenters. The number of hydrogen-bond donors (Lipinski definition) is 3. The molecule has 0 aliphatic carbocycles. The Morgan fingerprint density at radius 2 is 2.00 bits per heavy atom. The van der Waals surface area contributed by atoms with Gasteiger partial charge in [-0.25, -0.2) is 0 Å². The summed E-state index contributed by atoms with van der Waals surface area (Å²) in [6, 6.07) is 6.53. The molecule has 1 atom stereocenters. The van der Waals surface area contributed by atoms with Gasteiger partial charge in [0.05, 0.1) is 5.92 Å². The molecule has 1 aromatic rings. The van der Waals surface area contributed by atoms with Crippen molar-refractivity contribution in [2.24, 2.45) is 22.5 Å². The number of hydrogen-bond acceptors (Lipinski definition) is 4. The molecule has 1 aliphatic rings. The standard InChI is InChI=1S/C14H18N4O3/c15-12(17-21)9-3-1-4-10(7-9)14(20)18-6-2-5-11(8-18)13(16)19/h1,3-4,7,11,21H,2,5-6,8H2,(H2,15,17)(H2,16,19). The van der Waals surface area contributed by atoms with E-state index in [4.69, 9.17) is 16.7 Å². The number of primary amides is 1. The molecule has 0 aromatic heterocycles. The first-order valence-corrected chi connectivity index (χ1v) is 6.69. The van der Waals surface area contributed by atoms with Gasteiger partial charge in [-0.05, 0) is 25.0 Å². The Morgan fingerprint density at radius 3 is 2.67 bits per heavy atom. The second kappa shape index (κ2) is 6.25. The summed E-state index contributed by atoms with van der Waals surface area (Å²) in [5.74, 6) is -0.917. The predicted octanol–water partition coefficient (Wildman–Crippen LogP) is 0.119. The third kappa shape index (κ3) is 3.31. The number of oxime groups is 1. The van der Waals surface area contributed by atoms with Gasteiger partial charge >= 0.3 is 0 Å². The number of nitrogens with zero attached hydrogens (tertiary/aromatic N) is 2. The minimum atomic E-state index is -0.377. The van der Waals surface area contributed by atoms with Crippen LogP contribution in [0.15, 0.2) is 29.4 Å². The Kier molecular flexibility index (Phi) is 4.42. The first kappa shape index (κ1) is 14.8. The molecule has 5 N–H and O–H groups in total. The number of amidine groups is 1. The molecule has 0 bridgehead atoms. The van der Waals surface area contributed by atoms with Gasteiger partial charge in [-0.3, -0.25) is 9.59 Å². The Hall–Kier alpha value is -2.57. The minimum Gasteiger partial charge on any atom is -0.409 e. The third-order valence-electron chi connectivity index (χ3n) is 3.62. The average molecular weight is 290 g/mol. The molecule has 112 valence electrons. The van der Waals surface area contributed by atoms with E-state index in [1.54, 1.807) is 29.2 Å². The van der Waals surface area contributed by atoms with E-state index in [2.05, 4.69) is 5.16 Å². The Labute approximate surface area is 122 Å². The molecule has 2 rings (SSSR count). The molecule has 1 aromatic carbocycles. The monoisotopic (exact) mass is 290 g/mol. The van der Waals surface area contributed by atoms with Crippen molar-refractivity contribution >= 4 is 17.6 Å². The van der Waals surface area contributed by atoms with Crippen LogP contribution in [-0.4, -0.2) is 40.8 Å². The highest BCUT2D eigenvalue weighted by molar-refractivity contribution is 6.01. The van der Waals surface area contributed by atoms with Crippen molar-refractivity contribution in [2.45, 2.75) is 12.8 Å². The highest BCUT2D eigenvalue weighted by Crippen LogP contribution is 2.18. The molecule has 1 heterocycles. The van der Waals surface area contributed by atoms with Crippen LogP contribution in [0.3, 0.4) is 0 Å². The van der Waals surface area contributed by atoms with E-state index < -0.39 is 0 Å². The zero-order chi connectivity index (χ0) is 15.4. The average Bonchev–Trinajstić information content (AvgIpc) is 2.53. The summed E-state index contributed by atoms with van der Waals surface area (Å²) >= 11 is 0. The van der Waals surface area contributed by atoms with Crippen LogP contribution in [0.4, 0.5) is 0 Å². The summed E-state index contributed by atoms with van der Waals surface area (Å²) < 4.78 is 0. The number of amides is 2. The maximum absolute atomic E-state index is 12.5. The molecule has 0 radical (unpaired) electrons. The Balaban J connectivity index is 2.18. The lowest BCUT2D eigenvalue weighted by molar-refractivity contribution is -0.123. The third-order valence-corrected chi connectivity index (χ3v) is 3.62. The van der Waals surface area contributed by atoms with E-state index in [1.165, 1.54) is 0 Å². The number of carbonyl (C=O) groups excluding carboxylic acids is 2. The van der Waals surface area contributed by atoms with E-state index in [1.807, 2.05) is 0 Å². The van der Waals surface area contributed by atoms with Crippen molar-refractivity contribution in [3.8, 4) is 0 Å². The van der Waals surface area contributed by atoms with Crippen LogP contribution >= 0.6 is 0 Å². The second-order valence-electron chi connectivity index (χ2n) is 5.06. The van der Waals surface area contributed by atoms with Crippen LogP contribution in [-0.2, 0) is 4.79 Å². The largest absolute Gasteiger partial charge is 0.409 e. The van der Waals surface area contributed by atoms with Gasteiger partial charge in [-0.2, -0.15) is 0 Å². The Morgan fingerprint density at radius 1 is 1.29 bits per heavy atom. The van der Waals surface area contributed by atoms with Gasteiger partial charge in [-0.1, -0.05) is 17.3 Å². The SMILES string of the molecule is NC(=O)C1CCCN(C(=O)c2cccc(/C(N)=N/O)c2)C1. The first-order chi connectivity index (χ1) is 10.0. The fourth-order valence-corrected chi connectivity index (χ4v) is 2.45. The summed E-state index contributed by atoms with van der Waals surface area (Å²) in [5, 5.41) is 11.6. The topological polar surface area (TPSA) is 122 Å². The van der Waals surface area contributed by atoms with Gasteiger partial charge in [0.2, 0.25) is 5.91 Å². The molecule has 1 aliphatic heterocycles. The molecular formula is C14H18N4O3. The van der Waals surface area contributed by atoms with Gasteiger partial charge in [0, 0.05) is 24.2 Å². The first-order valence-electron chi connectivity index (χ1n) is 6.69. The molecule has 7 heteroatoms. The summed E-state index contributed by atoms with van der Waals surface area (Å²) in [4.78, 5) is 25.3. The van der Waals surface area contributed by atoms with Crippen LogP contribution in [0.1, 0.15) is 28.8 Å². The lowest BCUT2D eigenvalue weighted by Gasteiger charge is -2.31. The number of carbonyl (C=O) groups is 2. The number of likely N-dealkylation sites (tertiary alicyclic amines) is 1. The zero-order valence-electron chi connectivity index (χ0n) is 11.5. The fraction of sp³-hybridized carbons (Fsp3) is 0.357. The van der Waals surface area contributed by atoms with Gasteiger partial charge < -0.3 is 21.6 Å². The van der Waals surface area contributed by atoms with Crippen LogP contribution in [0.25, 0.3) is 0 Å². The lowest BCUT2D eigenvalue weighted by atomic mass is 9.96. The van der Waals surface area contributed by atoms with Crippen LogP contribution in [0, 0.1) is 5.92 Å². The minimum absolute atomic E-state index is 0.0571. The van der Waals surface area contributed by atoms with Crippen LogP contribution < -0.4 is 11.5 Å². The fourth-order valence-electron chi connectivity index (χ4n) is 2.45. The van der Waals surface area contributed by atoms with E-state index >= 15 is 0 Å². The summed E-state index contributed by atoms with van der Waals surface area (Å²) in [6.07, 6.45) is 1.46. The van der Waals surface area contributed by atoms with Gasteiger partial charge in [0.1, 0.15) is 0 Å². The van der Waals surface area contributed by atoms with E-state index in [0.717, 1.165) is 6.42 Å². The highest BCUT2D eigenvalue weighted by Gasteiger charge is 2.27. The molecule has 0 saturated carbocycles.